The van der Waals surface area contributed by atoms with Crippen molar-refractivity contribution in [1.82, 2.24) is 5.32 Å². The van der Waals surface area contributed by atoms with Gasteiger partial charge in [-0.2, -0.15) is 0 Å². The quantitative estimate of drug-likeness (QED) is 0.767. The Morgan fingerprint density at radius 2 is 1.96 bits per heavy atom. The smallest absolute Gasteiger partial charge is 0.230 e. The zero-order valence-corrected chi connectivity index (χ0v) is 15.4. The van der Waals surface area contributed by atoms with Gasteiger partial charge in [0.1, 0.15) is 5.75 Å². The Bertz CT molecular complexity index is 658. The van der Waals surface area contributed by atoms with Gasteiger partial charge in [0.05, 0.1) is 18.9 Å². The molecule has 0 aliphatic carbocycles. The fourth-order valence-electron chi connectivity index (χ4n) is 2.61. The summed E-state index contributed by atoms with van der Waals surface area (Å²) in [4.78, 5) is 12.2. The van der Waals surface area contributed by atoms with Crippen LogP contribution in [0.5, 0.6) is 5.75 Å². The van der Waals surface area contributed by atoms with Crippen molar-refractivity contribution in [3.8, 4) is 5.75 Å². The molecule has 128 valence electrons. The molecule has 2 aromatic rings. The van der Waals surface area contributed by atoms with Gasteiger partial charge in [-0.1, -0.05) is 49.4 Å². The van der Waals surface area contributed by atoms with E-state index in [1.54, 1.807) is 18.9 Å². The average molecular weight is 343 g/mol. The van der Waals surface area contributed by atoms with Gasteiger partial charge in [0.2, 0.25) is 5.91 Å². The molecule has 0 spiro atoms. The van der Waals surface area contributed by atoms with Crippen molar-refractivity contribution in [2.24, 2.45) is 0 Å². The van der Waals surface area contributed by atoms with Gasteiger partial charge in [0.15, 0.2) is 0 Å². The lowest BCUT2D eigenvalue weighted by Gasteiger charge is -2.19. The number of benzene rings is 2. The van der Waals surface area contributed by atoms with Crippen molar-refractivity contribution in [3.63, 3.8) is 0 Å². The first-order chi connectivity index (χ1) is 11.6. The minimum Gasteiger partial charge on any atom is -0.496 e. The number of carbonyl (C=O) groups is 1. The van der Waals surface area contributed by atoms with Crippen molar-refractivity contribution in [2.45, 2.75) is 32.1 Å². The first-order valence-electron chi connectivity index (χ1n) is 8.19. The third-order valence-electron chi connectivity index (χ3n) is 3.91. The van der Waals surface area contributed by atoms with E-state index in [4.69, 9.17) is 4.74 Å². The van der Waals surface area contributed by atoms with Gasteiger partial charge >= 0.3 is 0 Å². The van der Waals surface area contributed by atoms with Crippen molar-refractivity contribution in [2.75, 3.05) is 12.9 Å². The number of hydrogen-bond acceptors (Lipinski definition) is 3. The molecular weight excluding hydrogens is 318 g/mol. The van der Waals surface area contributed by atoms with Gasteiger partial charge in [-0.15, -0.1) is 11.8 Å². The molecule has 3 nitrogen and oxygen atoms in total. The molecule has 1 atom stereocenters. The zero-order chi connectivity index (χ0) is 17.4. The molecule has 1 amide bonds. The van der Waals surface area contributed by atoms with Crippen molar-refractivity contribution in [3.05, 3.63) is 65.2 Å². The number of thioether (sulfide) groups is 1. The Morgan fingerprint density at radius 3 is 2.58 bits per heavy atom. The van der Waals surface area contributed by atoms with Crippen molar-refractivity contribution < 1.29 is 9.53 Å². The summed E-state index contributed by atoms with van der Waals surface area (Å²) in [5.74, 6) is 2.28. The van der Waals surface area contributed by atoms with E-state index in [9.17, 15) is 4.79 Å². The van der Waals surface area contributed by atoms with Gasteiger partial charge in [-0.25, -0.2) is 0 Å². The molecule has 0 fully saturated rings. The van der Waals surface area contributed by atoms with Crippen LogP contribution in [0.2, 0.25) is 0 Å². The molecule has 0 aliphatic heterocycles. The van der Waals surface area contributed by atoms with Crippen molar-refractivity contribution in [1.29, 1.82) is 0 Å². The molecule has 1 N–H and O–H groups in total. The van der Waals surface area contributed by atoms with Crippen LogP contribution < -0.4 is 10.1 Å². The maximum atomic E-state index is 12.2. The number of ether oxygens (including phenoxy) is 1. The SMILES string of the molecule is CCC(NC(=O)CSCc1ccccc1)c1ccc(OC)c(C)c1. The Morgan fingerprint density at radius 1 is 1.21 bits per heavy atom. The normalized spacial score (nSPS) is 11.8. The summed E-state index contributed by atoms with van der Waals surface area (Å²) in [5.41, 5.74) is 3.45. The van der Waals surface area contributed by atoms with Crippen LogP contribution in [0.4, 0.5) is 0 Å². The Hall–Kier alpha value is -1.94. The largest absolute Gasteiger partial charge is 0.496 e. The molecule has 0 aromatic heterocycles. The van der Waals surface area contributed by atoms with Crippen molar-refractivity contribution >= 4 is 17.7 Å². The van der Waals surface area contributed by atoms with Crippen LogP contribution in [0.25, 0.3) is 0 Å². The van der Waals surface area contributed by atoms with Gasteiger partial charge in [-0.05, 0) is 36.1 Å². The van der Waals surface area contributed by atoms with Gasteiger partial charge in [0.25, 0.3) is 0 Å². The molecule has 0 saturated carbocycles. The number of carbonyl (C=O) groups excluding carboxylic acids is 1. The number of methoxy groups -OCH3 is 1. The highest BCUT2D eigenvalue weighted by Gasteiger charge is 2.14. The summed E-state index contributed by atoms with van der Waals surface area (Å²) in [6, 6.07) is 16.3. The van der Waals surface area contributed by atoms with Crippen LogP contribution in [0, 0.1) is 6.92 Å². The average Bonchev–Trinajstić information content (AvgIpc) is 2.60. The topological polar surface area (TPSA) is 38.3 Å². The maximum Gasteiger partial charge on any atom is 0.230 e. The molecule has 0 radical (unpaired) electrons. The summed E-state index contributed by atoms with van der Waals surface area (Å²) in [5, 5.41) is 3.13. The molecule has 1 unspecified atom stereocenters. The fraction of sp³-hybridized carbons (Fsp3) is 0.350. The van der Waals surface area contributed by atoms with E-state index in [1.165, 1.54) is 5.56 Å². The number of nitrogens with one attached hydrogen (secondary N) is 1. The van der Waals surface area contributed by atoms with Crippen LogP contribution in [0.1, 0.15) is 36.1 Å². The minimum atomic E-state index is 0.0411. The minimum absolute atomic E-state index is 0.0411. The molecule has 0 aliphatic rings. The predicted octanol–water partition coefficient (Wildman–Crippen LogP) is 4.50. The maximum absolute atomic E-state index is 12.2. The van der Waals surface area contributed by atoms with Crippen LogP contribution in [0.3, 0.4) is 0 Å². The van der Waals surface area contributed by atoms with E-state index in [0.29, 0.717) is 5.75 Å². The lowest BCUT2D eigenvalue weighted by Crippen LogP contribution is -2.29. The Labute approximate surface area is 148 Å². The Kier molecular flexibility index (Phi) is 7.19. The molecule has 2 aromatic carbocycles. The van der Waals surface area contributed by atoms with E-state index < -0.39 is 0 Å². The van der Waals surface area contributed by atoms with Crippen LogP contribution in [0.15, 0.2) is 48.5 Å². The highest BCUT2D eigenvalue weighted by atomic mass is 32.2. The van der Waals surface area contributed by atoms with E-state index in [1.807, 2.05) is 37.3 Å². The third kappa shape index (κ3) is 5.31. The van der Waals surface area contributed by atoms with Crippen LogP contribution in [-0.4, -0.2) is 18.8 Å². The lowest BCUT2D eigenvalue weighted by molar-refractivity contribution is -0.119. The van der Waals surface area contributed by atoms with E-state index in [2.05, 4.69) is 30.4 Å². The van der Waals surface area contributed by atoms with Crippen LogP contribution in [-0.2, 0) is 10.5 Å². The summed E-state index contributed by atoms with van der Waals surface area (Å²) in [6.45, 7) is 4.11. The van der Waals surface area contributed by atoms with Crippen LogP contribution >= 0.6 is 11.8 Å². The number of rotatable bonds is 8. The van der Waals surface area contributed by atoms with Gasteiger partial charge in [-0.3, -0.25) is 4.79 Å². The highest BCUT2D eigenvalue weighted by molar-refractivity contribution is 7.99. The van der Waals surface area contributed by atoms with E-state index in [-0.39, 0.29) is 11.9 Å². The van der Waals surface area contributed by atoms with Gasteiger partial charge < -0.3 is 10.1 Å². The van der Waals surface area contributed by atoms with Gasteiger partial charge in [0, 0.05) is 5.75 Å². The standard InChI is InChI=1S/C20H25NO2S/c1-4-18(17-10-11-19(23-3)15(2)12-17)21-20(22)14-24-13-16-8-6-5-7-9-16/h5-12,18H,4,13-14H2,1-3H3,(H,21,22). The predicted molar refractivity (Wildman–Crippen MR) is 102 cm³/mol. The fourth-order valence-corrected chi connectivity index (χ4v) is 3.41. The van der Waals surface area contributed by atoms with E-state index >= 15 is 0 Å². The molecular formula is C20H25NO2S. The number of aryl methyl sites for hydroxylation is 1. The monoisotopic (exact) mass is 343 g/mol. The summed E-state index contributed by atoms with van der Waals surface area (Å²) in [7, 11) is 1.67. The second kappa shape index (κ2) is 9.38. The highest BCUT2D eigenvalue weighted by Crippen LogP contribution is 2.24. The summed E-state index contributed by atoms with van der Waals surface area (Å²) >= 11 is 1.64. The number of hydrogen-bond donors (Lipinski definition) is 1. The molecule has 4 heteroatoms. The first kappa shape index (κ1) is 18.4. The third-order valence-corrected chi connectivity index (χ3v) is 4.91. The van der Waals surface area contributed by atoms with E-state index in [0.717, 1.165) is 29.1 Å². The summed E-state index contributed by atoms with van der Waals surface area (Å²) in [6.07, 6.45) is 0.862. The first-order valence-corrected chi connectivity index (χ1v) is 9.35. The molecule has 24 heavy (non-hydrogen) atoms. The summed E-state index contributed by atoms with van der Waals surface area (Å²) < 4.78 is 5.30. The number of amides is 1. The second-order valence-corrected chi connectivity index (χ2v) is 6.72. The Balaban J connectivity index is 1.87. The molecule has 0 bridgehead atoms. The zero-order valence-electron chi connectivity index (χ0n) is 14.5. The second-order valence-electron chi connectivity index (χ2n) is 5.74. The lowest BCUT2D eigenvalue weighted by atomic mass is 10.0. The molecule has 0 heterocycles. The molecule has 2 rings (SSSR count). The molecule has 0 saturated heterocycles.